The number of nitrogens with one attached hydrogen (secondary N) is 1. The van der Waals surface area contributed by atoms with Crippen molar-refractivity contribution in [1.29, 1.82) is 0 Å². The SMILES string of the molecule is CC(C)(CNC(=O)Cn1nc2ccccn2c1=O)N1CCOCC1. The van der Waals surface area contributed by atoms with Gasteiger partial charge in [0, 0.05) is 31.4 Å². The summed E-state index contributed by atoms with van der Waals surface area (Å²) in [4.78, 5) is 26.7. The maximum Gasteiger partial charge on any atom is 0.350 e. The number of morpholine rings is 1. The van der Waals surface area contributed by atoms with Crippen LogP contribution in [0.4, 0.5) is 0 Å². The Bertz CT molecular complexity index is 773. The molecular weight excluding hydrogens is 310 g/mol. The van der Waals surface area contributed by atoms with Crippen molar-refractivity contribution >= 4 is 11.6 Å². The predicted octanol–water partition coefficient (Wildman–Crippen LogP) is -0.277. The summed E-state index contributed by atoms with van der Waals surface area (Å²) in [7, 11) is 0. The molecule has 2 aromatic rings. The van der Waals surface area contributed by atoms with Crippen LogP contribution in [-0.4, -0.2) is 63.4 Å². The number of pyridine rings is 1. The molecule has 8 heteroatoms. The summed E-state index contributed by atoms with van der Waals surface area (Å²) in [6, 6.07) is 5.29. The van der Waals surface area contributed by atoms with Crippen molar-refractivity contribution in [3.8, 4) is 0 Å². The molecular formula is C16H23N5O3. The van der Waals surface area contributed by atoms with Gasteiger partial charge in [-0.05, 0) is 26.0 Å². The molecule has 1 aliphatic rings. The molecule has 2 aromatic heterocycles. The van der Waals surface area contributed by atoms with Gasteiger partial charge in [0.2, 0.25) is 5.91 Å². The van der Waals surface area contributed by atoms with Gasteiger partial charge in [0.25, 0.3) is 0 Å². The maximum absolute atomic E-state index is 12.2. The Morgan fingerprint density at radius 1 is 1.33 bits per heavy atom. The van der Waals surface area contributed by atoms with E-state index in [1.807, 2.05) is 0 Å². The minimum absolute atomic E-state index is 0.0836. The number of carbonyl (C=O) groups is 1. The summed E-state index contributed by atoms with van der Waals surface area (Å²) in [6.45, 7) is 7.75. The molecule has 1 N–H and O–H groups in total. The van der Waals surface area contributed by atoms with Crippen LogP contribution in [0.2, 0.25) is 0 Å². The van der Waals surface area contributed by atoms with E-state index < -0.39 is 0 Å². The van der Waals surface area contributed by atoms with Gasteiger partial charge in [-0.2, -0.15) is 0 Å². The molecule has 0 unspecified atom stereocenters. The van der Waals surface area contributed by atoms with Crippen LogP contribution in [0.1, 0.15) is 13.8 Å². The highest BCUT2D eigenvalue weighted by atomic mass is 16.5. The number of hydrogen-bond acceptors (Lipinski definition) is 5. The van der Waals surface area contributed by atoms with E-state index in [4.69, 9.17) is 4.74 Å². The van der Waals surface area contributed by atoms with E-state index in [2.05, 4.69) is 29.2 Å². The zero-order valence-corrected chi connectivity index (χ0v) is 14.1. The topological polar surface area (TPSA) is 80.9 Å². The second-order valence-corrected chi connectivity index (χ2v) is 6.56. The summed E-state index contributed by atoms with van der Waals surface area (Å²) in [5.74, 6) is -0.221. The normalized spacial score (nSPS) is 16.4. The minimum atomic E-state index is -0.312. The van der Waals surface area contributed by atoms with Crippen molar-refractivity contribution in [2.24, 2.45) is 0 Å². The van der Waals surface area contributed by atoms with Crippen LogP contribution in [-0.2, 0) is 16.1 Å². The van der Waals surface area contributed by atoms with E-state index in [9.17, 15) is 9.59 Å². The Hall–Kier alpha value is -2.19. The molecule has 1 aliphatic heterocycles. The number of ether oxygens (including phenoxy) is 1. The predicted molar refractivity (Wildman–Crippen MR) is 88.9 cm³/mol. The summed E-state index contributed by atoms with van der Waals surface area (Å²) in [6.07, 6.45) is 1.64. The number of aromatic nitrogens is 3. The van der Waals surface area contributed by atoms with Crippen molar-refractivity contribution < 1.29 is 9.53 Å². The number of fused-ring (bicyclic) bond motifs is 1. The lowest BCUT2D eigenvalue weighted by molar-refractivity contribution is -0.122. The fourth-order valence-corrected chi connectivity index (χ4v) is 2.86. The highest BCUT2D eigenvalue weighted by Gasteiger charge is 2.28. The first-order valence-electron chi connectivity index (χ1n) is 8.11. The van der Waals surface area contributed by atoms with Gasteiger partial charge in [0.05, 0.1) is 13.2 Å². The molecule has 3 rings (SSSR count). The fourth-order valence-electron chi connectivity index (χ4n) is 2.86. The van der Waals surface area contributed by atoms with Gasteiger partial charge in [-0.15, -0.1) is 5.10 Å². The lowest BCUT2D eigenvalue weighted by atomic mass is 10.0. The number of carbonyl (C=O) groups excluding carboxylic acids is 1. The Balaban J connectivity index is 1.60. The molecule has 0 aromatic carbocycles. The summed E-state index contributed by atoms with van der Waals surface area (Å²) in [5.41, 5.74) is 0.0562. The van der Waals surface area contributed by atoms with E-state index in [-0.39, 0.29) is 23.7 Å². The van der Waals surface area contributed by atoms with Gasteiger partial charge in [-0.25, -0.2) is 9.48 Å². The van der Waals surface area contributed by atoms with Crippen LogP contribution in [0.5, 0.6) is 0 Å². The van der Waals surface area contributed by atoms with Crippen molar-refractivity contribution in [3.63, 3.8) is 0 Å². The van der Waals surface area contributed by atoms with E-state index in [1.165, 1.54) is 9.08 Å². The van der Waals surface area contributed by atoms with Crippen LogP contribution in [0.25, 0.3) is 5.65 Å². The van der Waals surface area contributed by atoms with Crippen LogP contribution >= 0.6 is 0 Å². The zero-order chi connectivity index (χ0) is 17.2. The molecule has 1 fully saturated rings. The van der Waals surface area contributed by atoms with Crippen molar-refractivity contribution in [1.82, 2.24) is 24.4 Å². The Labute approximate surface area is 140 Å². The minimum Gasteiger partial charge on any atom is -0.379 e. The van der Waals surface area contributed by atoms with Gasteiger partial charge in [0.1, 0.15) is 6.54 Å². The molecule has 130 valence electrons. The second kappa shape index (κ2) is 6.74. The van der Waals surface area contributed by atoms with Crippen LogP contribution < -0.4 is 11.0 Å². The molecule has 24 heavy (non-hydrogen) atoms. The van der Waals surface area contributed by atoms with E-state index >= 15 is 0 Å². The largest absolute Gasteiger partial charge is 0.379 e. The average Bonchev–Trinajstić information content (AvgIpc) is 2.90. The van der Waals surface area contributed by atoms with Gasteiger partial charge in [-0.3, -0.25) is 14.1 Å². The molecule has 0 bridgehead atoms. The van der Waals surface area contributed by atoms with E-state index in [1.54, 1.807) is 24.4 Å². The van der Waals surface area contributed by atoms with Crippen LogP contribution in [0, 0.1) is 0 Å². The lowest BCUT2D eigenvalue weighted by Gasteiger charge is -2.40. The van der Waals surface area contributed by atoms with Crippen LogP contribution in [0.15, 0.2) is 29.2 Å². The van der Waals surface area contributed by atoms with E-state index in [0.717, 1.165) is 13.1 Å². The summed E-state index contributed by atoms with van der Waals surface area (Å²) >= 11 is 0. The Morgan fingerprint density at radius 3 is 2.79 bits per heavy atom. The fraction of sp³-hybridized carbons (Fsp3) is 0.562. The Morgan fingerprint density at radius 2 is 2.08 bits per heavy atom. The molecule has 0 radical (unpaired) electrons. The smallest absolute Gasteiger partial charge is 0.350 e. The van der Waals surface area contributed by atoms with Gasteiger partial charge < -0.3 is 10.1 Å². The highest BCUT2D eigenvalue weighted by Crippen LogP contribution is 2.14. The maximum atomic E-state index is 12.2. The average molecular weight is 333 g/mol. The van der Waals surface area contributed by atoms with Crippen molar-refractivity contribution in [2.75, 3.05) is 32.8 Å². The van der Waals surface area contributed by atoms with Gasteiger partial charge >= 0.3 is 5.69 Å². The third-order valence-corrected chi connectivity index (χ3v) is 4.37. The molecule has 0 saturated carbocycles. The molecule has 8 nitrogen and oxygen atoms in total. The Kier molecular flexibility index (Phi) is 4.68. The number of amides is 1. The van der Waals surface area contributed by atoms with Crippen molar-refractivity contribution in [2.45, 2.75) is 25.9 Å². The van der Waals surface area contributed by atoms with Crippen LogP contribution in [0.3, 0.4) is 0 Å². The van der Waals surface area contributed by atoms with Crippen molar-refractivity contribution in [3.05, 3.63) is 34.9 Å². The molecule has 0 spiro atoms. The molecule has 1 saturated heterocycles. The monoisotopic (exact) mass is 333 g/mol. The highest BCUT2D eigenvalue weighted by molar-refractivity contribution is 5.75. The molecule has 0 aliphatic carbocycles. The number of nitrogens with zero attached hydrogens (tertiary/aromatic N) is 4. The number of rotatable bonds is 5. The van der Waals surface area contributed by atoms with Gasteiger partial charge in [0.15, 0.2) is 5.65 Å². The number of hydrogen-bond donors (Lipinski definition) is 1. The van der Waals surface area contributed by atoms with Gasteiger partial charge in [-0.1, -0.05) is 6.07 Å². The quantitative estimate of drug-likeness (QED) is 0.814. The first kappa shape index (κ1) is 16.7. The first-order chi connectivity index (χ1) is 11.5. The third kappa shape index (κ3) is 3.49. The zero-order valence-electron chi connectivity index (χ0n) is 14.1. The summed E-state index contributed by atoms with van der Waals surface area (Å²) < 4.78 is 7.97. The molecule has 1 amide bonds. The lowest BCUT2D eigenvalue weighted by Crippen LogP contribution is -2.55. The van der Waals surface area contributed by atoms with E-state index in [0.29, 0.717) is 25.4 Å². The third-order valence-electron chi connectivity index (χ3n) is 4.37. The molecule has 3 heterocycles. The summed E-state index contributed by atoms with van der Waals surface area (Å²) in [5, 5.41) is 7.08. The second-order valence-electron chi connectivity index (χ2n) is 6.56. The standard InChI is InChI=1S/C16H23N5O3/c1-16(2,19-7-9-24-10-8-19)12-17-14(22)11-21-15(23)20-6-4-3-5-13(20)18-21/h3-6H,7-12H2,1-2H3,(H,17,22). The first-order valence-corrected chi connectivity index (χ1v) is 8.11. The molecule has 0 atom stereocenters.